The van der Waals surface area contributed by atoms with Crippen LogP contribution >= 0.6 is 0 Å². The standard InChI is InChI=1S/C17H27BN2O2/c1-13-7-10-20(11-8-13)15-12-14(6-9-19-15)18-21-16(2,3)17(4,5)22-18/h6,9,12-13H,7-8,10-11H2,1-5H3/i1D3,7D2,8D2,10D2,11D2,13D. The minimum Gasteiger partial charge on any atom is -0.399 e. The van der Waals surface area contributed by atoms with Crippen LogP contribution in [0.5, 0.6) is 0 Å². The lowest BCUT2D eigenvalue weighted by Crippen LogP contribution is -2.41. The van der Waals surface area contributed by atoms with Crippen LogP contribution in [0.25, 0.3) is 0 Å². The van der Waals surface area contributed by atoms with Crippen LogP contribution in [0, 0.1) is 5.89 Å². The molecule has 3 rings (SSSR count). The van der Waals surface area contributed by atoms with Crippen molar-refractivity contribution in [3.63, 3.8) is 0 Å². The van der Waals surface area contributed by atoms with Crippen molar-refractivity contribution in [1.82, 2.24) is 4.98 Å². The number of hydrogen-bond donors (Lipinski definition) is 0. The van der Waals surface area contributed by atoms with Crippen molar-refractivity contribution in [2.75, 3.05) is 17.9 Å². The quantitative estimate of drug-likeness (QED) is 0.786. The van der Waals surface area contributed by atoms with E-state index in [1.807, 2.05) is 27.7 Å². The van der Waals surface area contributed by atoms with Gasteiger partial charge >= 0.3 is 7.12 Å². The van der Waals surface area contributed by atoms with Gasteiger partial charge in [0.25, 0.3) is 0 Å². The number of nitrogens with zero attached hydrogens (tertiary/aromatic N) is 2. The fraction of sp³-hybridized carbons (Fsp3) is 0.706. The van der Waals surface area contributed by atoms with E-state index < -0.39 is 62.6 Å². The molecule has 2 saturated heterocycles. The van der Waals surface area contributed by atoms with Gasteiger partial charge in [0.1, 0.15) is 5.82 Å². The van der Waals surface area contributed by atoms with E-state index in [2.05, 4.69) is 4.98 Å². The van der Waals surface area contributed by atoms with Crippen molar-refractivity contribution in [3.8, 4) is 0 Å². The van der Waals surface area contributed by atoms with Gasteiger partial charge in [-0.3, -0.25) is 0 Å². The Balaban J connectivity index is 2.19. The first-order valence-electron chi connectivity index (χ1n) is 13.0. The first-order chi connectivity index (χ1) is 14.9. The summed E-state index contributed by atoms with van der Waals surface area (Å²) in [5, 5.41) is 0. The molecule has 1 aromatic heterocycles. The summed E-state index contributed by atoms with van der Waals surface area (Å²) in [6.07, 6.45) is -6.23. The summed E-state index contributed by atoms with van der Waals surface area (Å²) in [7, 11) is -0.959. The third-order valence-electron chi connectivity index (χ3n) is 4.11. The second kappa shape index (κ2) is 5.53. The Morgan fingerprint density at radius 1 is 1.32 bits per heavy atom. The number of pyridine rings is 1. The van der Waals surface area contributed by atoms with Crippen LogP contribution in [-0.2, 0) is 9.31 Å². The summed E-state index contributed by atoms with van der Waals surface area (Å²) in [6, 6.07) is 2.65. The molecule has 0 radical (unpaired) electrons. The molecule has 0 aromatic carbocycles. The molecule has 3 heterocycles. The zero-order chi connectivity index (χ0) is 26.6. The number of aromatic nitrogens is 1. The summed E-state index contributed by atoms with van der Waals surface area (Å²) in [4.78, 5) is 4.07. The van der Waals surface area contributed by atoms with E-state index >= 15 is 0 Å². The minimum atomic E-state index is -3.79. The average molecular weight is 314 g/mol. The Labute approximate surface area is 151 Å². The van der Waals surface area contributed by atoms with Gasteiger partial charge in [-0.15, -0.1) is 0 Å². The molecular formula is C17H27BN2O2. The van der Waals surface area contributed by atoms with Crippen LogP contribution < -0.4 is 10.4 Å². The van der Waals surface area contributed by atoms with Crippen molar-refractivity contribution < 1.29 is 25.8 Å². The molecule has 22 heavy (non-hydrogen) atoms. The molecule has 0 N–H and O–H groups in total. The minimum absolute atomic E-state index is 0.132. The highest BCUT2D eigenvalue weighted by Gasteiger charge is 2.51. The van der Waals surface area contributed by atoms with E-state index in [1.54, 1.807) is 0 Å². The Kier molecular flexibility index (Phi) is 1.72. The van der Waals surface area contributed by atoms with Gasteiger partial charge in [-0.2, -0.15) is 0 Å². The second-order valence-corrected chi connectivity index (χ2v) is 6.22. The number of anilines is 1. The molecule has 2 aliphatic rings. The van der Waals surface area contributed by atoms with Gasteiger partial charge in [0.05, 0.1) is 11.2 Å². The molecule has 0 bridgehead atoms. The van der Waals surface area contributed by atoms with Crippen LogP contribution in [0.3, 0.4) is 0 Å². The Hall–Kier alpha value is -1.07. The smallest absolute Gasteiger partial charge is 0.399 e. The molecule has 2 fully saturated rings. The fourth-order valence-electron chi connectivity index (χ4n) is 2.08. The monoisotopic (exact) mass is 314 g/mol. The van der Waals surface area contributed by atoms with E-state index in [0.717, 1.165) is 0 Å². The molecule has 0 aliphatic carbocycles. The summed E-state index contributed by atoms with van der Waals surface area (Å²) in [5.74, 6) is -4.30. The van der Waals surface area contributed by atoms with Crippen LogP contribution in [0.1, 0.15) is 63.7 Å². The molecular weight excluding hydrogens is 275 g/mol. The SMILES string of the molecule is [2H]C([2H])([2H])C1([2H])C([2H])([2H])C([2H])([2H])N(c2cc(B3OC(C)(C)C(C)(C)O3)ccn2)C([2H])([2H])C1([2H])[2H]. The molecule has 120 valence electrons. The predicted octanol–water partition coefficient (Wildman–Crippen LogP) is 2.62. The van der Waals surface area contributed by atoms with Crippen molar-refractivity contribution in [1.29, 1.82) is 0 Å². The molecule has 2 aliphatic heterocycles. The molecule has 5 heteroatoms. The molecule has 0 amide bonds. The number of hydrogen-bond acceptors (Lipinski definition) is 4. The van der Waals surface area contributed by atoms with Gasteiger partial charge < -0.3 is 14.2 Å². The zero-order valence-electron chi connectivity index (χ0n) is 25.0. The molecule has 0 saturated carbocycles. The highest BCUT2D eigenvalue weighted by molar-refractivity contribution is 6.62. The van der Waals surface area contributed by atoms with Crippen LogP contribution in [0.4, 0.5) is 5.82 Å². The van der Waals surface area contributed by atoms with E-state index in [9.17, 15) is 0 Å². The largest absolute Gasteiger partial charge is 0.495 e. The maximum absolute atomic E-state index is 8.44. The fourth-order valence-corrected chi connectivity index (χ4v) is 2.08. The molecule has 0 spiro atoms. The second-order valence-electron chi connectivity index (χ2n) is 6.22. The van der Waals surface area contributed by atoms with Gasteiger partial charge in [0.15, 0.2) is 0 Å². The van der Waals surface area contributed by atoms with E-state index in [4.69, 9.17) is 25.8 Å². The normalized spacial score (nSPS) is 44.0. The zero-order valence-corrected chi connectivity index (χ0v) is 13.0. The first-order valence-corrected chi connectivity index (χ1v) is 7.02. The average Bonchev–Trinajstić information content (AvgIpc) is 2.86. The Morgan fingerprint density at radius 2 is 1.95 bits per heavy atom. The molecule has 4 nitrogen and oxygen atoms in total. The van der Waals surface area contributed by atoms with E-state index in [-0.39, 0.29) is 10.4 Å². The summed E-state index contributed by atoms with van der Waals surface area (Å²) >= 11 is 0. The molecule has 0 atom stereocenters. The highest BCUT2D eigenvalue weighted by atomic mass is 16.7. The van der Waals surface area contributed by atoms with Crippen molar-refractivity contribution in [2.24, 2.45) is 5.89 Å². The lowest BCUT2D eigenvalue weighted by atomic mass is 9.79. The van der Waals surface area contributed by atoms with Gasteiger partial charge in [-0.1, -0.05) is 6.85 Å². The summed E-state index contributed by atoms with van der Waals surface area (Å²) in [6.45, 7) is -3.47. The number of piperidine rings is 1. The lowest BCUT2D eigenvalue weighted by molar-refractivity contribution is 0.00578. The van der Waals surface area contributed by atoms with Gasteiger partial charge in [-0.25, -0.2) is 4.98 Å². The maximum atomic E-state index is 8.44. The Bertz CT molecular complexity index is 937. The van der Waals surface area contributed by atoms with Crippen molar-refractivity contribution >= 4 is 18.4 Å². The predicted molar refractivity (Wildman–Crippen MR) is 90.6 cm³/mol. The summed E-state index contributed by atoms with van der Waals surface area (Å²) < 4.78 is 110. The van der Waals surface area contributed by atoms with Crippen molar-refractivity contribution in [3.05, 3.63) is 18.3 Å². The highest BCUT2D eigenvalue weighted by Crippen LogP contribution is 2.36. The molecule has 1 aromatic rings. The van der Waals surface area contributed by atoms with Gasteiger partial charge in [0.2, 0.25) is 0 Å². The third-order valence-corrected chi connectivity index (χ3v) is 4.11. The van der Waals surface area contributed by atoms with Crippen LogP contribution in [-0.4, -0.2) is 36.3 Å². The van der Waals surface area contributed by atoms with Crippen LogP contribution in [0.2, 0.25) is 0 Å². The third kappa shape index (κ3) is 2.89. The number of rotatable bonds is 2. The van der Waals surface area contributed by atoms with Crippen LogP contribution in [0.15, 0.2) is 18.3 Å². The van der Waals surface area contributed by atoms with Gasteiger partial charge in [0, 0.05) is 35.6 Å². The lowest BCUT2D eigenvalue weighted by Gasteiger charge is -2.32. The maximum Gasteiger partial charge on any atom is 0.495 e. The topological polar surface area (TPSA) is 34.6 Å². The first kappa shape index (κ1) is 6.82. The van der Waals surface area contributed by atoms with Gasteiger partial charge in [-0.05, 0) is 63.9 Å². The van der Waals surface area contributed by atoms with Crippen molar-refractivity contribution in [2.45, 2.75) is 58.5 Å². The summed E-state index contributed by atoms with van der Waals surface area (Å²) in [5.41, 5.74) is -1.17. The van der Waals surface area contributed by atoms with E-state index in [1.165, 1.54) is 18.3 Å². The Morgan fingerprint density at radius 3 is 2.55 bits per heavy atom. The van der Waals surface area contributed by atoms with E-state index in [0.29, 0.717) is 0 Å². The molecule has 0 unspecified atom stereocenters.